The molecular formula is C10H12ClFO3. The third kappa shape index (κ3) is 3.06. The van der Waals surface area contributed by atoms with E-state index in [0.29, 0.717) is 0 Å². The highest BCUT2D eigenvalue weighted by Crippen LogP contribution is 2.23. The number of halogens is 2. The monoisotopic (exact) mass is 234 g/mol. The van der Waals surface area contributed by atoms with Crippen molar-refractivity contribution in [2.45, 2.75) is 12.2 Å². The van der Waals surface area contributed by atoms with Gasteiger partial charge in [0.05, 0.1) is 19.1 Å². The van der Waals surface area contributed by atoms with Gasteiger partial charge in [-0.15, -0.1) is 11.6 Å². The van der Waals surface area contributed by atoms with Gasteiger partial charge in [-0.1, -0.05) is 0 Å². The Balaban J connectivity index is 2.97. The second kappa shape index (κ2) is 5.30. The Kier molecular flexibility index (Phi) is 4.32. The molecule has 0 fully saturated rings. The van der Waals surface area contributed by atoms with Crippen molar-refractivity contribution in [2.75, 3.05) is 13.0 Å². The average molecular weight is 235 g/mol. The van der Waals surface area contributed by atoms with Crippen LogP contribution in [0.5, 0.6) is 5.75 Å². The smallest absolute Gasteiger partial charge is 0.127 e. The lowest BCUT2D eigenvalue weighted by Gasteiger charge is -2.16. The molecule has 0 spiro atoms. The predicted molar refractivity (Wildman–Crippen MR) is 54.6 cm³/mol. The van der Waals surface area contributed by atoms with Crippen molar-refractivity contribution in [3.05, 3.63) is 29.6 Å². The molecule has 0 aromatic heterocycles. The Labute approximate surface area is 92.1 Å². The molecule has 15 heavy (non-hydrogen) atoms. The van der Waals surface area contributed by atoms with Gasteiger partial charge in [0, 0.05) is 6.07 Å². The Morgan fingerprint density at radius 3 is 2.60 bits per heavy atom. The number of benzene rings is 1. The number of alkyl halides is 1. The van der Waals surface area contributed by atoms with Crippen LogP contribution >= 0.6 is 11.6 Å². The first-order chi connectivity index (χ1) is 7.08. The fraction of sp³-hybridized carbons (Fsp3) is 0.400. The molecule has 0 bridgehead atoms. The molecule has 0 radical (unpaired) electrons. The number of hydrogen-bond donors (Lipinski definition) is 2. The second-order valence-corrected chi connectivity index (χ2v) is 3.40. The molecule has 5 heteroatoms. The molecule has 0 saturated carbocycles. The van der Waals surface area contributed by atoms with Crippen molar-refractivity contribution in [3.8, 4) is 5.75 Å². The van der Waals surface area contributed by atoms with E-state index in [1.165, 1.54) is 19.2 Å². The van der Waals surface area contributed by atoms with Crippen LogP contribution in [0.15, 0.2) is 18.2 Å². The number of rotatable bonds is 4. The molecule has 2 N–H and O–H groups in total. The van der Waals surface area contributed by atoms with Gasteiger partial charge in [-0.25, -0.2) is 4.39 Å². The van der Waals surface area contributed by atoms with E-state index in [-0.39, 0.29) is 17.2 Å². The van der Waals surface area contributed by atoms with E-state index in [2.05, 4.69) is 0 Å². The molecule has 84 valence electrons. The zero-order valence-corrected chi connectivity index (χ0v) is 8.91. The fourth-order valence-electron chi connectivity index (χ4n) is 1.18. The van der Waals surface area contributed by atoms with Gasteiger partial charge in [-0.2, -0.15) is 0 Å². The van der Waals surface area contributed by atoms with Crippen molar-refractivity contribution < 1.29 is 19.3 Å². The van der Waals surface area contributed by atoms with Crippen molar-refractivity contribution in [1.29, 1.82) is 0 Å². The van der Waals surface area contributed by atoms with Gasteiger partial charge >= 0.3 is 0 Å². The maximum absolute atomic E-state index is 13.0. The van der Waals surface area contributed by atoms with Crippen LogP contribution in [0.1, 0.15) is 11.7 Å². The molecule has 2 unspecified atom stereocenters. The third-order valence-electron chi connectivity index (χ3n) is 1.99. The minimum Gasteiger partial charge on any atom is -0.497 e. The van der Waals surface area contributed by atoms with Crippen molar-refractivity contribution in [3.63, 3.8) is 0 Å². The summed E-state index contributed by atoms with van der Waals surface area (Å²) in [6.07, 6.45) is -2.34. The van der Waals surface area contributed by atoms with Crippen LogP contribution in [0.25, 0.3) is 0 Å². The summed E-state index contributed by atoms with van der Waals surface area (Å²) in [6.45, 7) is 0. The number of aliphatic hydroxyl groups is 2. The zero-order valence-electron chi connectivity index (χ0n) is 8.15. The minimum absolute atomic E-state index is 0.125. The summed E-state index contributed by atoms with van der Waals surface area (Å²) in [7, 11) is 1.39. The standard InChI is InChI=1S/C10H12ClFO3/c1-15-8-3-6(2-7(12)4-8)10(14)9(13)5-11/h2-4,9-10,13-14H,5H2,1H3. The van der Waals surface area contributed by atoms with Crippen molar-refractivity contribution in [2.24, 2.45) is 0 Å². The summed E-state index contributed by atoms with van der Waals surface area (Å²) in [5, 5.41) is 18.9. The lowest BCUT2D eigenvalue weighted by Crippen LogP contribution is -2.19. The summed E-state index contributed by atoms with van der Waals surface area (Å²) in [4.78, 5) is 0. The van der Waals surface area contributed by atoms with Crippen LogP contribution in [-0.2, 0) is 0 Å². The quantitative estimate of drug-likeness (QED) is 0.776. The van der Waals surface area contributed by atoms with Gasteiger partial charge in [0.2, 0.25) is 0 Å². The van der Waals surface area contributed by atoms with Gasteiger partial charge in [0.1, 0.15) is 17.7 Å². The van der Waals surface area contributed by atoms with E-state index >= 15 is 0 Å². The van der Waals surface area contributed by atoms with E-state index in [0.717, 1.165) is 6.07 Å². The van der Waals surface area contributed by atoms with Crippen LogP contribution in [0.4, 0.5) is 4.39 Å². The average Bonchev–Trinajstić information content (AvgIpc) is 2.26. The molecule has 0 heterocycles. The highest BCUT2D eigenvalue weighted by atomic mass is 35.5. The van der Waals surface area contributed by atoms with Gasteiger partial charge in [-0.05, 0) is 17.7 Å². The zero-order chi connectivity index (χ0) is 11.4. The van der Waals surface area contributed by atoms with Crippen LogP contribution in [-0.4, -0.2) is 29.3 Å². The summed E-state index contributed by atoms with van der Waals surface area (Å²) >= 11 is 5.38. The molecule has 0 amide bonds. The van der Waals surface area contributed by atoms with E-state index in [1.807, 2.05) is 0 Å². The van der Waals surface area contributed by atoms with Gasteiger partial charge in [-0.3, -0.25) is 0 Å². The topological polar surface area (TPSA) is 49.7 Å². The molecule has 0 aliphatic rings. The lowest BCUT2D eigenvalue weighted by molar-refractivity contribution is 0.0324. The van der Waals surface area contributed by atoms with E-state index in [9.17, 15) is 14.6 Å². The molecule has 0 saturated heterocycles. The summed E-state index contributed by atoms with van der Waals surface area (Å²) in [5.74, 6) is -0.379. The first-order valence-corrected chi connectivity index (χ1v) is 4.88. The largest absolute Gasteiger partial charge is 0.497 e. The number of hydrogen-bond acceptors (Lipinski definition) is 3. The Morgan fingerprint density at radius 2 is 2.07 bits per heavy atom. The second-order valence-electron chi connectivity index (χ2n) is 3.09. The first-order valence-electron chi connectivity index (χ1n) is 4.35. The minimum atomic E-state index is -1.22. The Bertz CT molecular complexity index is 332. The van der Waals surface area contributed by atoms with Crippen molar-refractivity contribution in [1.82, 2.24) is 0 Å². The highest BCUT2D eigenvalue weighted by Gasteiger charge is 2.18. The number of aliphatic hydroxyl groups excluding tert-OH is 2. The predicted octanol–water partition coefficient (Wildman–Crippen LogP) is 1.47. The molecule has 0 aliphatic carbocycles. The maximum Gasteiger partial charge on any atom is 0.127 e. The summed E-state index contributed by atoms with van der Waals surface area (Å²) in [5.41, 5.74) is 0.236. The van der Waals surface area contributed by atoms with Gasteiger partial charge < -0.3 is 14.9 Å². The Hall–Kier alpha value is -0.840. The van der Waals surface area contributed by atoms with E-state index < -0.39 is 18.0 Å². The molecule has 1 rings (SSSR count). The fourth-order valence-corrected chi connectivity index (χ4v) is 1.35. The van der Waals surface area contributed by atoms with E-state index in [4.69, 9.17) is 16.3 Å². The van der Waals surface area contributed by atoms with Crippen LogP contribution in [0.3, 0.4) is 0 Å². The molecule has 1 aromatic rings. The maximum atomic E-state index is 13.0. The van der Waals surface area contributed by atoms with Gasteiger partial charge in [0.15, 0.2) is 0 Å². The summed E-state index contributed by atoms with van der Waals surface area (Å²) in [6, 6.07) is 3.76. The van der Waals surface area contributed by atoms with Crippen LogP contribution < -0.4 is 4.74 Å². The number of methoxy groups -OCH3 is 1. The van der Waals surface area contributed by atoms with Crippen LogP contribution in [0.2, 0.25) is 0 Å². The highest BCUT2D eigenvalue weighted by molar-refractivity contribution is 6.18. The molecule has 2 atom stereocenters. The molecule has 3 nitrogen and oxygen atoms in total. The lowest BCUT2D eigenvalue weighted by atomic mass is 10.1. The first kappa shape index (κ1) is 12.2. The Morgan fingerprint density at radius 1 is 1.40 bits per heavy atom. The molecular weight excluding hydrogens is 223 g/mol. The van der Waals surface area contributed by atoms with Gasteiger partial charge in [0.25, 0.3) is 0 Å². The number of ether oxygens (including phenoxy) is 1. The van der Waals surface area contributed by atoms with Crippen molar-refractivity contribution >= 4 is 11.6 Å². The molecule has 0 aliphatic heterocycles. The van der Waals surface area contributed by atoms with Crippen LogP contribution in [0, 0.1) is 5.82 Å². The third-order valence-corrected chi connectivity index (χ3v) is 2.31. The summed E-state index contributed by atoms with van der Waals surface area (Å²) < 4.78 is 17.9. The molecule has 1 aromatic carbocycles. The van der Waals surface area contributed by atoms with E-state index in [1.54, 1.807) is 0 Å². The SMILES string of the molecule is COc1cc(F)cc(C(O)C(O)CCl)c1. The normalized spacial score (nSPS) is 14.7.